The van der Waals surface area contributed by atoms with E-state index < -0.39 is 0 Å². The average Bonchev–Trinajstić information content (AvgIpc) is 4.25. The van der Waals surface area contributed by atoms with Gasteiger partial charge in [-0.25, -0.2) is 9.97 Å². The number of benzene rings is 8. The largest absolute Gasteiger partial charge is 2.00 e. The molecule has 8 bridgehead atoms. The van der Waals surface area contributed by atoms with Crippen LogP contribution in [0.25, 0.3) is 89.7 Å². The molecule has 0 unspecified atom stereocenters. The summed E-state index contributed by atoms with van der Waals surface area (Å²) in [5, 5.41) is 3.02. The van der Waals surface area contributed by atoms with Gasteiger partial charge in [-0.1, -0.05) is 150 Å². The summed E-state index contributed by atoms with van der Waals surface area (Å²) < 4.78 is 26.1. The summed E-state index contributed by atoms with van der Waals surface area (Å²) >= 11 is 0. The van der Waals surface area contributed by atoms with Crippen molar-refractivity contribution in [2.24, 2.45) is 0 Å². The van der Waals surface area contributed by atoms with Crippen molar-refractivity contribution >= 4 is 44.1 Å². The van der Waals surface area contributed by atoms with E-state index in [4.69, 9.17) is 58.8 Å². The van der Waals surface area contributed by atoms with Crippen LogP contribution in [0, 0.1) is 0 Å². The first-order chi connectivity index (χ1) is 43.3. The van der Waals surface area contributed by atoms with Crippen molar-refractivity contribution in [2.75, 3.05) is 0 Å². The number of hydrogen-bond acceptors (Lipinski definition) is 10. The van der Waals surface area contributed by atoms with Gasteiger partial charge < -0.3 is 48.9 Å². The van der Waals surface area contributed by atoms with Crippen LogP contribution >= 0.6 is 0 Å². The zero-order valence-corrected chi connectivity index (χ0v) is 54.4. The van der Waals surface area contributed by atoms with Gasteiger partial charge in [-0.05, 0) is 190 Å². The summed E-state index contributed by atoms with van der Waals surface area (Å²) in [4.78, 5) is 42.2. The average molecular weight is 1230 g/mol. The van der Waals surface area contributed by atoms with E-state index in [1.807, 2.05) is 72.8 Å². The summed E-state index contributed by atoms with van der Waals surface area (Å²) in [5.41, 5.74) is 14.4. The van der Waals surface area contributed by atoms with Crippen LogP contribution in [0.3, 0.4) is 0 Å². The van der Waals surface area contributed by atoms with E-state index in [0.717, 1.165) is 143 Å². The molecule has 11 aromatic rings. The Morgan fingerprint density at radius 2 is 0.528 bits per heavy atom. The molecule has 0 saturated heterocycles. The van der Waals surface area contributed by atoms with E-state index in [1.54, 1.807) is 0 Å². The third-order valence-corrected chi connectivity index (χ3v) is 16.6. The molecule has 0 atom stereocenters. The molecule has 12 nitrogen and oxygen atoms in total. The number of ether oxygens (including phenoxy) is 4. The molecule has 2 aliphatic rings. The van der Waals surface area contributed by atoms with Gasteiger partial charge in [-0.15, -0.1) is 0 Å². The zero-order chi connectivity index (χ0) is 59.8. The fourth-order valence-electron chi connectivity index (χ4n) is 11.3. The van der Waals surface area contributed by atoms with Gasteiger partial charge in [0.25, 0.3) is 0 Å². The van der Waals surface area contributed by atoms with E-state index in [-0.39, 0.29) is 19.5 Å². The summed E-state index contributed by atoms with van der Waals surface area (Å²) in [5.74, 6) is 4.38. The molecule has 0 radical (unpaired) electrons. The zero-order valence-electron chi connectivity index (χ0n) is 51.4. The fraction of sp³-hybridized carbons (Fsp3) is 0.263. The van der Waals surface area contributed by atoms with Gasteiger partial charge in [0.2, 0.25) is 0 Å². The van der Waals surface area contributed by atoms with Crippen molar-refractivity contribution in [1.82, 2.24) is 39.9 Å². The van der Waals surface area contributed by atoms with Crippen LogP contribution in [-0.2, 0) is 71.6 Å². The molecule has 0 aliphatic carbocycles. The summed E-state index contributed by atoms with van der Waals surface area (Å²) in [6, 6.07) is 58.6. The molecular weight excluding hydrogens is 1150 g/mol. The smallest absolute Gasteiger partial charge is 0.489 e. The van der Waals surface area contributed by atoms with Crippen LogP contribution in [0.5, 0.6) is 23.0 Å². The first-order valence-corrected chi connectivity index (χ1v) is 31.4. The monoisotopic (exact) mass is 1220 g/mol. The quantitative estimate of drug-likeness (QED) is 0.0531. The van der Waals surface area contributed by atoms with Crippen molar-refractivity contribution in [3.05, 3.63) is 214 Å². The molecule has 0 amide bonds. The van der Waals surface area contributed by atoms with E-state index >= 15 is 0 Å². The van der Waals surface area contributed by atoms with Crippen molar-refractivity contribution in [3.8, 4) is 68.5 Å². The Bertz CT molecular complexity index is 4160. The first kappa shape index (κ1) is 60.2. The van der Waals surface area contributed by atoms with E-state index in [9.17, 15) is 0 Å². The predicted molar refractivity (Wildman–Crippen MR) is 352 cm³/mol. The van der Waals surface area contributed by atoms with Gasteiger partial charge in [-0.2, -0.15) is 0 Å². The fourth-order valence-corrected chi connectivity index (χ4v) is 11.3. The van der Waals surface area contributed by atoms with Gasteiger partial charge in [0.05, 0.1) is 23.3 Å². The topological polar surface area (TPSA) is 142 Å². The summed E-state index contributed by atoms with van der Waals surface area (Å²) in [6.07, 6.45) is 13.5. The Morgan fingerprint density at radius 1 is 0.270 bits per heavy atom. The Balaban J connectivity index is 0.00000769. The Labute approximate surface area is 533 Å². The van der Waals surface area contributed by atoms with Crippen molar-refractivity contribution in [2.45, 2.75) is 131 Å². The minimum absolute atomic E-state index is 0. The van der Waals surface area contributed by atoms with Crippen molar-refractivity contribution in [3.63, 3.8) is 0 Å². The van der Waals surface area contributed by atoms with Gasteiger partial charge in [0.15, 0.2) is 0 Å². The SMILES string of the molecule is CCCCc1ccc(COc2ccc3c(c2)-c2nc-3nc3[n-]c(nc4nc(nc5[n-]c(n2)c2ccc(OCc6ccc(CCCC)cc6)cc52)-c2ccc(OCc5ccc(CCCC)cc5)cc2-4)c2ccc(OCc4ccc(CCCC)cc4)cc32)cc1.[Zn+2]. The molecule has 0 fully saturated rings. The Hall–Kier alpha value is -9.06. The molecular formula is C76H72N8O4Zn. The van der Waals surface area contributed by atoms with Crippen molar-refractivity contribution < 1.29 is 38.4 Å². The minimum atomic E-state index is 0. The molecule has 89 heavy (non-hydrogen) atoms. The van der Waals surface area contributed by atoms with Crippen LogP contribution in [0.4, 0.5) is 0 Å². The predicted octanol–water partition coefficient (Wildman–Crippen LogP) is 17.8. The maximum Gasteiger partial charge on any atom is 2.00 e. The Kier molecular flexibility index (Phi) is 18.9. The van der Waals surface area contributed by atoms with Gasteiger partial charge in [0.1, 0.15) is 49.4 Å². The van der Waals surface area contributed by atoms with Gasteiger partial charge in [-0.3, -0.25) is 0 Å². The first-order valence-electron chi connectivity index (χ1n) is 31.4. The van der Waals surface area contributed by atoms with Crippen LogP contribution < -0.4 is 28.9 Å². The molecule has 0 spiro atoms. The second kappa shape index (κ2) is 28.0. The maximum absolute atomic E-state index is 6.53. The van der Waals surface area contributed by atoms with E-state index in [2.05, 4.69) is 125 Å². The second-order valence-electron chi connectivity index (χ2n) is 23.1. The molecule has 13 rings (SSSR count). The Morgan fingerprint density at radius 3 is 0.831 bits per heavy atom. The van der Waals surface area contributed by atoms with Crippen LogP contribution in [0.1, 0.15) is 124 Å². The molecule has 3 aromatic heterocycles. The molecule has 13 heteroatoms. The van der Waals surface area contributed by atoms with Crippen molar-refractivity contribution in [1.29, 1.82) is 0 Å². The van der Waals surface area contributed by atoms with E-state index in [1.165, 1.54) is 22.3 Å². The van der Waals surface area contributed by atoms with Crippen LogP contribution in [-0.4, -0.2) is 29.9 Å². The van der Waals surface area contributed by atoms with E-state index in [0.29, 0.717) is 95.3 Å². The molecule has 0 N–H and O–H groups in total. The standard InChI is InChI=1S/C76H72N8O4.Zn/c1-5-9-13-49-17-25-53(26-18-49)45-85-57-33-37-61-65(41-57)73-77-69(61)82-74-67-43-59(87-47-55-29-21-51(22-30-55)15-11-7-3)35-39-63(67)71(79-74)84-76-68-44-60(88-48-56-31-23-52(24-32-56)16-12-8-4)36-40-64(68)72(80-76)83-75-66-42-58(34-38-62(66)70(78-75)81-73)86-46-54-27-19-50(20-28-54)14-10-6-2;/h17-44H,5-16,45-48H2,1-4H3;/q-2;+2. The number of aryl methyl sites for hydroxylation is 4. The molecule has 5 heterocycles. The number of unbranched alkanes of at least 4 members (excludes halogenated alkanes) is 4. The molecule has 0 saturated carbocycles. The van der Waals surface area contributed by atoms with Crippen LogP contribution in [0.15, 0.2) is 170 Å². The second-order valence-corrected chi connectivity index (χ2v) is 23.1. The van der Waals surface area contributed by atoms with Gasteiger partial charge >= 0.3 is 19.5 Å². The van der Waals surface area contributed by atoms with Crippen LogP contribution in [0.2, 0.25) is 0 Å². The summed E-state index contributed by atoms with van der Waals surface area (Å²) in [6.45, 7) is 10.5. The van der Waals surface area contributed by atoms with Gasteiger partial charge in [0, 0.05) is 44.8 Å². The maximum atomic E-state index is 6.53. The molecule has 8 aromatic carbocycles. The number of fused-ring (bicyclic) bond motifs is 20. The molecule has 442 valence electrons. The normalized spacial score (nSPS) is 11.6. The number of hydrogen-bond donors (Lipinski definition) is 0. The molecule has 2 aliphatic heterocycles. The minimum Gasteiger partial charge on any atom is -0.489 e. The summed E-state index contributed by atoms with van der Waals surface area (Å²) in [7, 11) is 0. The third-order valence-electron chi connectivity index (χ3n) is 16.6. The number of nitrogens with zero attached hydrogens (tertiary/aromatic N) is 8. The number of rotatable bonds is 24. The number of aromatic nitrogens is 8. The third kappa shape index (κ3) is 14.0.